The fraction of sp³-hybridized carbons (Fsp3) is 0.556. The van der Waals surface area contributed by atoms with Gasteiger partial charge in [0.25, 0.3) is 0 Å². The summed E-state index contributed by atoms with van der Waals surface area (Å²) in [5.41, 5.74) is 0.651. The summed E-state index contributed by atoms with van der Waals surface area (Å²) in [6.07, 6.45) is -3.71. The van der Waals surface area contributed by atoms with Crippen LogP contribution < -0.4 is 10.1 Å². The topological polar surface area (TPSA) is 21.3 Å². The van der Waals surface area contributed by atoms with Gasteiger partial charge in [0, 0.05) is 11.6 Å². The van der Waals surface area contributed by atoms with Gasteiger partial charge in [0.1, 0.15) is 12.4 Å². The van der Waals surface area contributed by atoms with Crippen LogP contribution in [0, 0.1) is 0 Å². The predicted octanol–water partition coefficient (Wildman–Crippen LogP) is 2.29. The summed E-state index contributed by atoms with van der Waals surface area (Å²) in [6.45, 7) is 0.295. The van der Waals surface area contributed by atoms with Crippen LogP contribution in [0.2, 0.25) is 0 Å². The third kappa shape index (κ3) is 1.96. The molecule has 0 fully saturated rings. The predicted molar refractivity (Wildman–Crippen MR) is 51.4 cm³/mol. The second-order valence-electron chi connectivity index (χ2n) is 3.42. The van der Waals surface area contributed by atoms with Gasteiger partial charge in [-0.05, 0) is 18.8 Å². The Labute approximate surface area is 89.1 Å². The van der Waals surface area contributed by atoms with Gasteiger partial charge in [0.2, 0.25) is 0 Å². The SMILES string of the molecule is CNC1COc2c(csc2C(F)(F)F)C1. The second kappa shape index (κ2) is 3.68. The normalized spacial score (nSPS) is 20.9. The van der Waals surface area contributed by atoms with E-state index in [9.17, 15) is 13.2 Å². The summed E-state index contributed by atoms with van der Waals surface area (Å²) in [5.74, 6) is 0.0269. The quantitative estimate of drug-likeness (QED) is 0.809. The summed E-state index contributed by atoms with van der Waals surface area (Å²) < 4.78 is 42.7. The minimum Gasteiger partial charge on any atom is -0.490 e. The standard InChI is InChI=1S/C9H10F3NOS/c1-13-6-2-5-4-15-8(9(10,11)12)7(5)14-3-6/h4,6,13H,2-3H2,1H3. The van der Waals surface area contributed by atoms with Crippen LogP contribution in [0.5, 0.6) is 5.75 Å². The minimum atomic E-state index is -4.30. The number of likely N-dealkylation sites (N-methyl/N-ethyl adjacent to an activating group) is 1. The zero-order valence-electron chi connectivity index (χ0n) is 8.02. The highest BCUT2D eigenvalue weighted by Crippen LogP contribution is 2.44. The molecule has 0 saturated carbocycles. The van der Waals surface area contributed by atoms with Gasteiger partial charge in [0.05, 0.1) is 0 Å². The van der Waals surface area contributed by atoms with Crippen molar-refractivity contribution in [3.8, 4) is 5.75 Å². The lowest BCUT2D eigenvalue weighted by molar-refractivity contribution is -0.135. The zero-order valence-corrected chi connectivity index (χ0v) is 8.84. The van der Waals surface area contributed by atoms with E-state index in [1.54, 1.807) is 7.05 Å². The van der Waals surface area contributed by atoms with Gasteiger partial charge in [-0.15, -0.1) is 11.3 Å². The number of hydrogen-bond acceptors (Lipinski definition) is 3. The van der Waals surface area contributed by atoms with E-state index in [1.165, 1.54) is 5.38 Å². The van der Waals surface area contributed by atoms with Crippen LogP contribution in [0.1, 0.15) is 10.4 Å². The molecule has 1 atom stereocenters. The Morgan fingerprint density at radius 3 is 2.87 bits per heavy atom. The first-order valence-electron chi connectivity index (χ1n) is 4.50. The average Bonchev–Trinajstić information content (AvgIpc) is 2.59. The molecule has 2 rings (SSSR count). The van der Waals surface area contributed by atoms with Crippen molar-refractivity contribution in [2.75, 3.05) is 13.7 Å². The smallest absolute Gasteiger partial charge is 0.429 e. The molecule has 2 heterocycles. The molecule has 1 unspecified atom stereocenters. The molecule has 1 N–H and O–H groups in total. The van der Waals surface area contributed by atoms with Crippen molar-refractivity contribution in [3.05, 3.63) is 15.8 Å². The Bertz CT molecular complexity index is 361. The molecule has 0 aliphatic carbocycles. The van der Waals surface area contributed by atoms with E-state index in [2.05, 4.69) is 5.32 Å². The number of thiophene rings is 1. The molecular weight excluding hydrogens is 227 g/mol. The Hall–Kier alpha value is -0.750. The Balaban J connectivity index is 2.30. The van der Waals surface area contributed by atoms with Crippen molar-refractivity contribution in [2.24, 2.45) is 0 Å². The average molecular weight is 237 g/mol. The molecule has 0 amide bonds. The molecule has 0 saturated heterocycles. The third-order valence-electron chi connectivity index (χ3n) is 2.38. The number of ether oxygens (including phenoxy) is 1. The van der Waals surface area contributed by atoms with Gasteiger partial charge in [0.15, 0.2) is 4.88 Å². The summed E-state index contributed by atoms with van der Waals surface area (Å²) in [7, 11) is 1.77. The molecule has 6 heteroatoms. The maximum Gasteiger partial charge on any atom is 0.429 e. The van der Waals surface area contributed by atoms with Crippen LogP contribution in [0.15, 0.2) is 5.38 Å². The van der Waals surface area contributed by atoms with Crippen molar-refractivity contribution in [1.82, 2.24) is 5.32 Å². The van der Waals surface area contributed by atoms with Crippen LogP contribution in [-0.2, 0) is 12.6 Å². The van der Waals surface area contributed by atoms with Gasteiger partial charge >= 0.3 is 6.18 Å². The highest BCUT2D eigenvalue weighted by molar-refractivity contribution is 7.10. The van der Waals surface area contributed by atoms with Gasteiger partial charge < -0.3 is 10.1 Å². The third-order valence-corrected chi connectivity index (χ3v) is 3.43. The number of fused-ring (bicyclic) bond motifs is 1. The van der Waals surface area contributed by atoms with Crippen molar-refractivity contribution in [2.45, 2.75) is 18.6 Å². The maximum atomic E-state index is 12.5. The first-order chi connectivity index (χ1) is 7.02. The maximum absolute atomic E-state index is 12.5. The van der Waals surface area contributed by atoms with Gasteiger partial charge in [-0.3, -0.25) is 0 Å². The molecule has 1 aliphatic rings. The molecule has 15 heavy (non-hydrogen) atoms. The van der Waals surface area contributed by atoms with Crippen LogP contribution in [0.3, 0.4) is 0 Å². The highest BCUT2D eigenvalue weighted by atomic mass is 32.1. The lowest BCUT2D eigenvalue weighted by atomic mass is 10.1. The van der Waals surface area contributed by atoms with Gasteiger partial charge in [-0.2, -0.15) is 13.2 Å². The van der Waals surface area contributed by atoms with E-state index < -0.39 is 11.1 Å². The number of hydrogen-bond donors (Lipinski definition) is 1. The lowest BCUT2D eigenvalue weighted by Crippen LogP contribution is -2.36. The van der Waals surface area contributed by atoms with E-state index in [0.717, 1.165) is 0 Å². The van der Waals surface area contributed by atoms with E-state index in [0.29, 0.717) is 29.9 Å². The molecule has 84 valence electrons. The fourth-order valence-electron chi connectivity index (χ4n) is 1.57. The molecule has 1 aliphatic heterocycles. The molecular formula is C9H10F3NOS. The van der Waals surface area contributed by atoms with Crippen LogP contribution in [0.25, 0.3) is 0 Å². The number of halogens is 3. The molecule has 1 aromatic heterocycles. The van der Waals surface area contributed by atoms with Crippen molar-refractivity contribution >= 4 is 11.3 Å². The summed E-state index contributed by atoms with van der Waals surface area (Å²) >= 11 is 0.707. The first kappa shape index (κ1) is 10.8. The number of alkyl halides is 3. The minimum absolute atomic E-state index is 0.0269. The molecule has 0 aromatic carbocycles. The lowest BCUT2D eigenvalue weighted by Gasteiger charge is -2.23. The molecule has 0 spiro atoms. The Morgan fingerprint density at radius 1 is 1.53 bits per heavy atom. The first-order valence-corrected chi connectivity index (χ1v) is 5.38. The number of rotatable bonds is 1. The summed E-state index contributed by atoms with van der Waals surface area (Å²) in [4.78, 5) is -0.618. The molecule has 2 nitrogen and oxygen atoms in total. The number of nitrogens with one attached hydrogen (secondary N) is 1. The summed E-state index contributed by atoms with van der Waals surface area (Å²) in [6, 6.07) is 0.105. The Morgan fingerprint density at radius 2 is 2.27 bits per heavy atom. The Kier molecular flexibility index (Phi) is 2.64. The summed E-state index contributed by atoms with van der Waals surface area (Å²) in [5, 5.41) is 4.52. The van der Waals surface area contributed by atoms with Crippen molar-refractivity contribution < 1.29 is 17.9 Å². The fourth-order valence-corrected chi connectivity index (χ4v) is 2.47. The van der Waals surface area contributed by atoms with E-state index >= 15 is 0 Å². The van der Waals surface area contributed by atoms with Crippen LogP contribution in [-0.4, -0.2) is 19.7 Å². The van der Waals surface area contributed by atoms with E-state index in [1.807, 2.05) is 0 Å². The molecule has 1 aromatic rings. The van der Waals surface area contributed by atoms with E-state index in [4.69, 9.17) is 4.74 Å². The van der Waals surface area contributed by atoms with Crippen LogP contribution in [0.4, 0.5) is 13.2 Å². The van der Waals surface area contributed by atoms with Crippen LogP contribution >= 0.6 is 11.3 Å². The highest BCUT2D eigenvalue weighted by Gasteiger charge is 2.39. The van der Waals surface area contributed by atoms with Gasteiger partial charge in [-0.1, -0.05) is 0 Å². The second-order valence-corrected chi connectivity index (χ2v) is 4.30. The van der Waals surface area contributed by atoms with E-state index in [-0.39, 0.29) is 11.8 Å². The van der Waals surface area contributed by atoms with Crippen molar-refractivity contribution in [3.63, 3.8) is 0 Å². The van der Waals surface area contributed by atoms with Crippen molar-refractivity contribution in [1.29, 1.82) is 0 Å². The molecule has 0 bridgehead atoms. The zero-order chi connectivity index (χ0) is 11.1. The monoisotopic (exact) mass is 237 g/mol. The van der Waals surface area contributed by atoms with Gasteiger partial charge in [-0.25, -0.2) is 0 Å². The largest absolute Gasteiger partial charge is 0.490 e. The molecule has 0 radical (unpaired) electrons.